The Labute approximate surface area is 483 Å². The van der Waals surface area contributed by atoms with Gasteiger partial charge in [-0.25, -0.2) is 0 Å². The Morgan fingerprint density at radius 3 is 1.40 bits per heavy atom. The van der Waals surface area contributed by atoms with Crippen molar-refractivity contribution in [1.82, 2.24) is 0 Å². The van der Waals surface area contributed by atoms with E-state index in [4.69, 9.17) is 8.85 Å². The van der Waals surface area contributed by atoms with Crippen LogP contribution in [0.1, 0.15) is 134 Å². The standard InChI is InChI=1S/C77H72BNO/c1-73(2,3)55-40-54(41-56(44-55)74(4,5)6)53-36-38-61-65(42-53)78-66-43-52(49-26-16-13-17-27-49)37-39-67(66)79(72-59(50-28-18-14-19-29-50)45-57(75(7,8)9)46-60(72)51-30-20-15-21-31-51)68-48-58(76(10,11)12)47-64(71(68)78)77(61)62-32-22-24-34-69(62)80-70-35-25-23-33-63(70)77/h13-48H,1-12H3/i13D,16D,17D,26D,27D. The van der Waals surface area contributed by atoms with Crippen molar-refractivity contribution < 1.29 is 11.6 Å². The van der Waals surface area contributed by atoms with Crippen LogP contribution < -0.4 is 26.0 Å². The molecule has 0 unspecified atom stereocenters. The van der Waals surface area contributed by atoms with Crippen LogP contribution in [0.25, 0.3) is 44.5 Å². The molecular formula is C77H72BNO. The fourth-order valence-corrected chi connectivity index (χ4v) is 12.9. The molecule has 2 nitrogen and oxygen atoms in total. The molecule has 0 aliphatic carbocycles. The molecule has 1 spiro atoms. The van der Waals surface area contributed by atoms with Crippen LogP contribution in [0.15, 0.2) is 218 Å². The zero-order chi connectivity index (χ0) is 60.0. The van der Waals surface area contributed by atoms with Crippen molar-refractivity contribution in [2.45, 2.75) is 110 Å². The number of rotatable bonds is 5. The number of benzene rings is 10. The Kier molecular flexibility index (Phi) is 10.5. The quantitative estimate of drug-likeness (QED) is 0.159. The third-order valence-corrected chi connectivity index (χ3v) is 17.3. The van der Waals surface area contributed by atoms with Gasteiger partial charge < -0.3 is 9.64 Å². The van der Waals surface area contributed by atoms with E-state index in [1.54, 1.807) is 0 Å². The summed E-state index contributed by atoms with van der Waals surface area (Å²) >= 11 is 0. The minimum Gasteiger partial charge on any atom is -0.457 e. The second kappa shape index (κ2) is 18.5. The van der Waals surface area contributed by atoms with Crippen LogP contribution in [0.2, 0.25) is 0 Å². The second-order valence-corrected chi connectivity index (χ2v) is 26.6. The molecule has 0 saturated carbocycles. The molecule has 10 aromatic carbocycles. The van der Waals surface area contributed by atoms with E-state index in [2.05, 4.69) is 270 Å². The molecule has 0 saturated heterocycles. The molecular weight excluding hydrogens is 966 g/mol. The number of ether oxygens (including phenoxy) is 1. The van der Waals surface area contributed by atoms with Crippen molar-refractivity contribution in [3.8, 4) is 56.0 Å². The zero-order valence-electron chi connectivity index (χ0n) is 53.3. The Morgan fingerprint density at radius 1 is 0.375 bits per heavy atom. The number of para-hydroxylation sites is 2. The first kappa shape index (κ1) is 45.7. The van der Waals surface area contributed by atoms with E-state index < -0.39 is 18.2 Å². The number of anilines is 3. The maximum Gasteiger partial charge on any atom is 0.247 e. The maximum atomic E-state index is 9.48. The first-order valence-corrected chi connectivity index (χ1v) is 28.4. The third kappa shape index (κ3) is 8.29. The summed E-state index contributed by atoms with van der Waals surface area (Å²) in [6.45, 7) is 27.1. The van der Waals surface area contributed by atoms with E-state index in [1.807, 2.05) is 6.07 Å². The minimum atomic E-state index is -0.917. The molecule has 0 N–H and O–H groups in total. The number of hydrogen-bond donors (Lipinski definition) is 0. The molecule has 0 amide bonds. The second-order valence-electron chi connectivity index (χ2n) is 26.6. The van der Waals surface area contributed by atoms with Crippen molar-refractivity contribution >= 4 is 40.2 Å². The van der Waals surface area contributed by atoms with Crippen LogP contribution in [-0.4, -0.2) is 6.71 Å². The summed E-state index contributed by atoms with van der Waals surface area (Å²) < 4.78 is 52.7. The van der Waals surface area contributed by atoms with Gasteiger partial charge in [-0.3, -0.25) is 0 Å². The molecule has 0 aromatic heterocycles. The van der Waals surface area contributed by atoms with Gasteiger partial charge in [0.1, 0.15) is 11.5 Å². The fourth-order valence-electron chi connectivity index (χ4n) is 12.9. The molecule has 0 fully saturated rings. The molecule has 394 valence electrons. The van der Waals surface area contributed by atoms with Crippen LogP contribution in [-0.2, 0) is 27.1 Å². The van der Waals surface area contributed by atoms with Gasteiger partial charge >= 0.3 is 0 Å². The molecule has 3 aliphatic heterocycles. The SMILES string of the molecule is [2H]c1c([2H])c([2H])c(-c2ccc3c(c2)B2c4cc(-c5cc(C(C)(C)C)cc(C(C)(C)C)c5)ccc4C4(c5ccccc5Oc5ccccc54)c4cc(C(C)(C)C)cc(c42)N3c2c(-c3ccccc3)cc(C(C)(C)C)cc2-c2ccccc2)c([2H])c1[2H]. The average Bonchev–Trinajstić information content (AvgIpc) is 0.916. The molecule has 13 rings (SSSR count). The van der Waals surface area contributed by atoms with Crippen molar-refractivity contribution in [1.29, 1.82) is 0 Å². The first-order chi connectivity index (χ1) is 40.3. The highest BCUT2D eigenvalue weighted by Gasteiger charge is 2.55. The summed E-state index contributed by atoms with van der Waals surface area (Å²) in [7, 11) is 0. The van der Waals surface area contributed by atoms with Crippen LogP contribution in [0.4, 0.5) is 17.1 Å². The summed E-state index contributed by atoms with van der Waals surface area (Å²) in [5, 5.41) is 0. The van der Waals surface area contributed by atoms with E-state index in [0.717, 1.165) is 101 Å². The van der Waals surface area contributed by atoms with Gasteiger partial charge in [0.05, 0.1) is 18.0 Å². The van der Waals surface area contributed by atoms with E-state index in [9.17, 15) is 2.74 Å². The van der Waals surface area contributed by atoms with Gasteiger partial charge in [-0.05, 0) is 136 Å². The number of nitrogens with zero attached hydrogens (tertiary/aromatic N) is 1. The van der Waals surface area contributed by atoms with E-state index in [1.165, 1.54) is 22.3 Å². The fraction of sp³-hybridized carbons (Fsp3) is 0.221. The Morgan fingerprint density at radius 2 is 0.850 bits per heavy atom. The lowest BCUT2D eigenvalue weighted by molar-refractivity contribution is 0.435. The third-order valence-electron chi connectivity index (χ3n) is 17.3. The summed E-state index contributed by atoms with van der Waals surface area (Å²) in [6.07, 6.45) is 0. The normalized spacial score (nSPS) is 15.0. The molecule has 80 heavy (non-hydrogen) atoms. The van der Waals surface area contributed by atoms with Gasteiger partial charge in [0.2, 0.25) is 6.71 Å². The smallest absolute Gasteiger partial charge is 0.247 e. The predicted octanol–water partition coefficient (Wildman–Crippen LogP) is 18.6. The Hall–Kier alpha value is -8.14. The van der Waals surface area contributed by atoms with E-state index in [0.29, 0.717) is 5.56 Å². The van der Waals surface area contributed by atoms with Crippen LogP contribution in [0.5, 0.6) is 11.5 Å². The summed E-state index contributed by atoms with van der Waals surface area (Å²) in [5.74, 6) is 1.59. The van der Waals surface area contributed by atoms with E-state index in [-0.39, 0.29) is 51.4 Å². The largest absolute Gasteiger partial charge is 0.457 e. The lowest BCUT2D eigenvalue weighted by atomic mass is 9.29. The van der Waals surface area contributed by atoms with E-state index >= 15 is 0 Å². The van der Waals surface area contributed by atoms with Crippen molar-refractivity contribution in [3.05, 3.63) is 263 Å². The maximum absolute atomic E-state index is 9.48. The number of fused-ring (bicyclic) bond motifs is 10. The van der Waals surface area contributed by atoms with Crippen LogP contribution in [0, 0.1) is 0 Å². The van der Waals surface area contributed by atoms with Gasteiger partial charge in [0, 0.05) is 33.6 Å². The molecule has 10 aromatic rings. The average molecular weight is 1040 g/mol. The molecule has 3 aliphatic rings. The Bertz CT molecular complexity index is 4220. The highest BCUT2D eigenvalue weighted by Crippen LogP contribution is 2.59. The number of hydrogen-bond acceptors (Lipinski definition) is 2. The highest BCUT2D eigenvalue weighted by atomic mass is 16.5. The monoisotopic (exact) mass is 1040 g/mol. The van der Waals surface area contributed by atoms with Gasteiger partial charge in [-0.15, -0.1) is 0 Å². The topological polar surface area (TPSA) is 12.5 Å². The molecule has 0 radical (unpaired) electrons. The highest BCUT2D eigenvalue weighted by molar-refractivity contribution is 6.99. The molecule has 3 heteroatoms. The first-order valence-electron chi connectivity index (χ1n) is 30.9. The lowest BCUT2D eigenvalue weighted by Gasteiger charge is -2.51. The van der Waals surface area contributed by atoms with Crippen molar-refractivity contribution in [2.24, 2.45) is 0 Å². The van der Waals surface area contributed by atoms with Crippen molar-refractivity contribution in [2.75, 3.05) is 4.90 Å². The Balaban J connectivity index is 1.26. The van der Waals surface area contributed by atoms with Crippen molar-refractivity contribution in [3.63, 3.8) is 0 Å². The van der Waals surface area contributed by atoms with Gasteiger partial charge in [0.15, 0.2) is 0 Å². The van der Waals surface area contributed by atoms with Gasteiger partial charge in [-0.1, -0.05) is 270 Å². The summed E-state index contributed by atoms with van der Waals surface area (Å²) in [4.78, 5) is 2.53. The summed E-state index contributed by atoms with van der Waals surface area (Å²) in [5.41, 5.74) is 21.0. The minimum absolute atomic E-state index is 0.129. The lowest BCUT2D eigenvalue weighted by Crippen LogP contribution is -2.65. The molecule has 3 heterocycles. The zero-order valence-corrected chi connectivity index (χ0v) is 48.3. The van der Waals surface area contributed by atoms with Gasteiger partial charge in [-0.2, -0.15) is 0 Å². The molecule has 0 atom stereocenters. The summed E-state index contributed by atoms with van der Waals surface area (Å²) in [6, 6.07) is 67.5. The van der Waals surface area contributed by atoms with Crippen LogP contribution >= 0.6 is 0 Å². The van der Waals surface area contributed by atoms with Crippen LogP contribution in [0.3, 0.4) is 0 Å². The molecule has 0 bridgehead atoms. The van der Waals surface area contributed by atoms with Gasteiger partial charge in [0.25, 0.3) is 0 Å². The predicted molar refractivity (Wildman–Crippen MR) is 341 cm³/mol.